The SMILES string of the molecule is CN(CCCCC(=O)NCC(=O)C(=O)NC1CC1)C(=O)CNC(=O)C(NC(=O)c1cnccn1)C1CCCCC1. The molecule has 3 rings (SSSR count). The summed E-state index contributed by atoms with van der Waals surface area (Å²) < 4.78 is 0. The lowest BCUT2D eigenvalue weighted by molar-refractivity contribution is -0.138. The molecule has 0 spiro atoms. The lowest BCUT2D eigenvalue weighted by Gasteiger charge is -2.30. The van der Waals surface area contributed by atoms with Crippen LogP contribution >= 0.6 is 0 Å². The maximum Gasteiger partial charge on any atom is 0.289 e. The summed E-state index contributed by atoms with van der Waals surface area (Å²) in [5.41, 5.74) is 0.117. The molecule has 1 aromatic heterocycles. The quantitative estimate of drug-likeness (QED) is 0.170. The lowest BCUT2D eigenvalue weighted by Crippen LogP contribution is -2.53. The third-order valence-corrected chi connectivity index (χ3v) is 7.09. The molecule has 218 valence electrons. The van der Waals surface area contributed by atoms with Gasteiger partial charge in [-0.3, -0.25) is 33.8 Å². The molecule has 0 saturated heterocycles. The Morgan fingerprint density at radius 1 is 0.950 bits per heavy atom. The van der Waals surface area contributed by atoms with Gasteiger partial charge in [-0.15, -0.1) is 0 Å². The standard InChI is InChI=1S/C27H39N7O6/c1-34(14-6-5-9-22(36)30-16-21(35)26(39)32-19-10-11-19)23(37)17-31-27(40)24(18-7-3-2-4-8-18)33-25(38)20-15-28-12-13-29-20/h12-13,15,18-19,24H,2-11,14,16-17H2,1H3,(H,30,36)(H,31,40)(H,32,39)(H,33,38). The second-order valence-electron chi connectivity index (χ2n) is 10.4. The molecule has 1 heterocycles. The van der Waals surface area contributed by atoms with Crippen molar-refractivity contribution in [1.29, 1.82) is 0 Å². The number of nitrogens with one attached hydrogen (secondary N) is 4. The average molecular weight is 558 g/mol. The van der Waals surface area contributed by atoms with E-state index in [1.807, 2.05) is 0 Å². The topological polar surface area (TPSA) is 180 Å². The molecule has 13 nitrogen and oxygen atoms in total. The summed E-state index contributed by atoms with van der Waals surface area (Å²) in [6.45, 7) is -0.179. The number of hydrogen-bond donors (Lipinski definition) is 4. The predicted molar refractivity (Wildman–Crippen MR) is 144 cm³/mol. The molecule has 1 unspecified atom stereocenters. The third kappa shape index (κ3) is 10.3. The number of hydrogen-bond acceptors (Lipinski definition) is 8. The van der Waals surface area contributed by atoms with Gasteiger partial charge in [-0.2, -0.15) is 0 Å². The Labute approximate surface area is 233 Å². The molecule has 2 aliphatic carbocycles. The Kier molecular flexibility index (Phi) is 12.0. The number of amides is 5. The second-order valence-corrected chi connectivity index (χ2v) is 10.4. The number of rotatable bonds is 15. The van der Waals surface area contributed by atoms with Crippen LogP contribution in [0, 0.1) is 5.92 Å². The number of ketones is 1. The van der Waals surface area contributed by atoms with Gasteiger partial charge >= 0.3 is 0 Å². The fraction of sp³-hybridized carbons (Fsp3) is 0.630. The van der Waals surface area contributed by atoms with Gasteiger partial charge in [-0.05, 0) is 44.4 Å². The highest BCUT2D eigenvalue weighted by molar-refractivity contribution is 6.37. The van der Waals surface area contributed by atoms with Crippen LogP contribution in [0.15, 0.2) is 18.6 Å². The Morgan fingerprint density at radius 2 is 1.70 bits per heavy atom. The summed E-state index contributed by atoms with van der Waals surface area (Å²) in [6.07, 6.45) is 11.8. The number of aromatic nitrogens is 2. The summed E-state index contributed by atoms with van der Waals surface area (Å²) in [7, 11) is 1.61. The van der Waals surface area contributed by atoms with Gasteiger partial charge in [-0.1, -0.05) is 19.3 Å². The highest BCUT2D eigenvalue weighted by Gasteiger charge is 2.32. The van der Waals surface area contributed by atoms with Gasteiger partial charge in [0, 0.05) is 38.4 Å². The van der Waals surface area contributed by atoms with Crippen LogP contribution in [0.25, 0.3) is 0 Å². The van der Waals surface area contributed by atoms with Crippen LogP contribution in [0.1, 0.15) is 74.7 Å². The van der Waals surface area contributed by atoms with E-state index in [0.717, 1.165) is 44.9 Å². The van der Waals surface area contributed by atoms with Crippen molar-refractivity contribution in [3.8, 4) is 0 Å². The van der Waals surface area contributed by atoms with Gasteiger partial charge in [0.2, 0.25) is 23.5 Å². The smallest absolute Gasteiger partial charge is 0.289 e. The molecule has 0 aromatic carbocycles. The normalized spacial score (nSPS) is 15.8. The molecule has 5 amide bonds. The number of likely N-dealkylation sites (N-methyl/N-ethyl adjacent to an activating group) is 1. The Hall–Kier alpha value is -3.90. The molecule has 2 saturated carbocycles. The number of Topliss-reactive ketones (excluding diaryl/α,β-unsaturated/α-hetero) is 1. The van der Waals surface area contributed by atoms with E-state index in [1.54, 1.807) is 7.05 Å². The Morgan fingerprint density at radius 3 is 2.38 bits per heavy atom. The third-order valence-electron chi connectivity index (χ3n) is 7.09. The fourth-order valence-corrected chi connectivity index (χ4v) is 4.50. The Balaban J connectivity index is 1.36. The zero-order chi connectivity index (χ0) is 28.9. The first-order valence-electron chi connectivity index (χ1n) is 13.9. The van der Waals surface area contributed by atoms with Crippen LogP contribution in [0.5, 0.6) is 0 Å². The summed E-state index contributed by atoms with van der Waals surface area (Å²) in [5, 5.41) is 10.5. The van der Waals surface area contributed by atoms with Gasteiger partial charge in [0.05, 0.1) is 19.3 Å². The largest absolute Gasteiger partial charge is 0.348 e. The van der Waals surface area contributed by atoms with Crippen molar-refractivity contribution in [2.24, 2.45) is 5.92 Å². The molecular formula is C27H39N7O6. The molecule has 0 aliphatic heterocycles. The van der Waals surface area contributed by atoms with E-state index in [1.165, 1.54) is 23.5 Å². The van der Waals surface area contributed by atoms with E-state index in [9.17, 15) is 28.8 Å². The van der Waals surface area contributed by atoms with Crippen LogP contribution in [0.2, 0.25) is 0 Å². The van der Waals surface area contributed by atoms with Crippen molar-refractivity contribution in [2.45, 2.75) is 76.3 Å². The zero-order valence-corrected chi connectivity index (χ0v) is 22.9. The lowest BCUT2D eigenvalue weighted by atomic mass is 9.83. The van der Waals surface area contributed by atoms with E-state index in [4.69, 9.17) is 0 Å². The molecule has 1 atom stereocenters. The van der Waals surface area contributed by atoms with Crippen molar-refractivity contribution in [1.82, 2.24) is 36.1 Å². The summed E-state index contributed by atoms with van der Waals surface area (Å²) in [4.78, 5) is 83.0. The maximum atomic E-state index is 13.1. The van der Waals surface area contributed by atoms with Gasteiger partial charge in [-0.25, -0.2) is 4.98 Å². The molecule has 13 heteroatoms. The number of unbranched alkanes of at least 4 members (excludes halogenated alkanes) is 1. The summed E-state index contributed by atoms with van der Waals surface area (Å²) in [5.74, 6) is -2.92. The highest BCUT2D eigenvalue weighted by atomic mass is 16.2. The van der Waals surface area contributed by atoms with Crippen LogP contribution in [0.3, 0.4) is 0 Å². The summed E-state index contributed by atoms with van der Waals surface area (Å²) >= 11 is 0. The average Bonchev–Trinajstić information content (AvgIpc) is 3.79. The molecule has 40 heavy (non-hydrogen) atoms. The number of carbonyl (C=O) groups excluding carboxylic acids is 6. The van der Waals surface area contributed by atoms with Crippen LogP contribution in [-0.2, 0) is 24.0 Å². The first kappa shape index (κ1) is 30.6. The van der Waals surface area contributed by atoms with Crippen molar-refractivity contribution >= 4 is 35.3 Å². The summed E-state index contributed by atoms with van der Waals surface area (Å²) in [6, 6.07) is -0.701. The molecule has 1 aromatic rings. The van der Waals surface area contributed by atoms with E-state index >= 15 is 0 Å². The number of nitrogens with zero attached hydrogens (tertiary/aromatic N) is 3. The van der Waals surface area contributed by atoms with Gasteiger partial charge in [0.1, 0.15) is 11.7 Å². The van der Waals surface area contributed by atoms with Crippen molar-refractivity contribution in [3.63, 3.8) is 0 Å². The maximum absolute atomic E-state index is 13.1. The minimum absolute atomic E-state index is 0.0313. The molecular weight excluding hydrogens is 518 g/mol. The van der Waals surface area contributed by atoms with Crippen molar-refractivity contribution in [3.05, 3.63) is 24.3 Å². The zero-order valence-electron chi connectivity index (χ0n) is 22.9. The van der Waals surface area contributed by atoms with Crippen molar-refractivity contribution in [2.75, 3.05) is 26.7 Å². The molecule has 0 radical (unpaired) electrons. The first-order valence-corrected chi connectivity index (χ1v) is 13.9. The van der Waals surface area contributed by atoms with Crippen LogP contribution < -0.4 is 21.3 Å². The van der Waals surface area contributed by atoms with E-state index in [0.29, 0.717) is 19.4 Å². The fourth-order valence-electron chi connectivity index (χ4n) is 4.50. The monoisotopic (exact) mass is 557 g/mol. The van der Waals surface area contributed by atoms with Crippen molar-refractivity contribution < 1.29 is 28.8 Å². The van der Waals surface area contributed by atoms with Crippen LogP contribution in [-0.4, -0.2) is 89.0 Å². The number of carbonyl (C=O) groups is 6. The van der Waals surface area contributed by atoms with Gasteiger partial charge in [0.15, 0.2) is 0 Å². The minimum atomic E-state index is -0.780. The predicted octanol–water partition coefficient (Wildman–Crippen LogP) is -0.136. The molecule has 2 aliphatic rings. The van der Waals surface area contributed by atoms with Crippen LogP contribution in [0.4, 0.5) is 0 Å². The van der Waals surface area contributed by atoms with E-state index in [2.05, 4.69) is 31.2 Å². The molecule has 2 fully saturated rings. The van der Waals surface area contributed by atoms with Gasteiger partial charge < -0.3 is 26.2 Å². The van der Waals surface area contributed by atoms with E-state index in [-0.39, 0.29) is 49.0 Å². The Bertz CT molecular complexity index is 1060. The highest BCUT2D eigenvalue weighted by Crippen LogP contribution is 2.27. The molecule has 0 bridgehead atoms. The van der Waals surface area contributed by atoms with Gasteiger partial charge in [0.25, 0.3) is 11.8 Å². The second kappa shape index (κ2) is 15.6. The minimum Gasteiger partial charge on any atom is -0.348 e. The first-order chi connectivity index (χ1) is 19.2. The van der Waals surface area contributed by atoms with E-state index < -0.39 is 29.5 Å². The molecule has 4 N–H and O–H groups in total.